The van der Waals surface area contributed by atoms with Crippen molar-refractivity contribution >= 4 is 46.1 Å². The average Bonchev–Trinajstić information content (AvgIpc) is 3.52. The lowest BCUT2D eigenvalue weighted by molar-refractivity contribution is -0.113. The number of nitrogens with zero attached hydrogens (tertiary/aromatic N) is 5. The maximum Gasteiger partial charge on any atom is 0.187 e. The number of aryl methyl sites for hydroxylation is 1. The molecular weight excluding hydrogens is 600 g/mol. The lowest BCUT2D eigenvalue weighted by Crippen LogP contribution is -2.37. The van der Waals surface area contributed by atoms with Crippen molar-refractivity contribution in [1.82, 2.24) is 24.9 Å². The Balaban J connectivity index is 1.12. The highest BCUT2D eigenvalue weighted by atomic mass is 35.5. The summed E-state index contributed by atoms with van der Waals surface area (Å²) in [5, 5.41) is 14.0. The Labute approximate surface area is 273 Å². The van der Waals surface area contributed by atoms with Gasteiger partial charge in [0.1, 0.15) is 11.5 Å². The number of rotatable bonds is 11. The van der Waals surface area contributed by atoms with Crippen LogP contribution in [-0.4, -0.2) is 64.5 Å². The van der Waals surface area contributed by atoms with E-state index in [1.54, 1.807) is 20.4 Å². The first-order valence-electron chi connectivity index (χ1n) is 15.1. The van der Waals surface area contributed by atoms with Gasteiger partial charge in [-0.3, -0.25) is 19.4 Å². The van der Waals surface area contributed by atoms with E-state index in [0.29, 0.717) is 24.7 Å². The fourth-order valence-electron chi connectivity index (χ4n) is 5.51. The summed E-state index contributed by atoms with van der Waals surface area (Å²) in [6, 6.07) is 23.1. The zero-order chi connectivity index (χ0) is 31.9. The number of hydrogen-bond donors (Lipinski definition) is 1. The van der Waals surface area contributed by atoms with Crippen LogP contribution in [0.1, 0.15) is 23.2 Å². The van der Waals surface area contributed by atoms with Crippen molar-refractivity contribution in [3.05, 3.63) is 118 Å². The lowest BCUT2D eigenvalue weighted by Gasteiger charge is -2.29. The number of methoxy groups -OCH3 is 2. The third kappa shape index (κ3) is 7.62. The van der Waals surface area contributed by atoms with Crippen LogP contribution in [0, 0.1) is 0 Å². The molecule has 10 heteroatoms. The molecule has 3 heterocycles. The first kappa shape index (κ1) is 31.0. The fraction of sp³-hybridized carbons (Fsp3) is 0.222. The number of hydrogen-bond acceptors (Lipinski definition) is 8. The van der Waals surface area contributed by atoms with Crippen LogP contribution >= 0.6 is 11.6 Å². The zero-order valence-electron chi connectivity index (χ0n) is 25.8. The number of aromatic nitrogens is 4. The molecule has 0 amide bonds. The number of ketones is 1. The molecule has 1 N–H and O–H groups in total. The number of likely N-dealkylation sites (tertiary alicyclic amines) is 1. The van der Waals surface area contributed by atoms with Crippen LogP contribution in [-0.2, 0) is 17.9 Å². The average molecular weight is 635 g/mol. The molecule has 1 aliphatic rings. The quantitative estimate of drug-likeness (QED) is 0.129. The summed E-state index contributed by atoms with van der Waals surface area (Å²) in [7, 11) is 3.28. The van der Waals surface area contributed by atoms with E-state index in [1.807, 2.05) is 95.8 Å². The number of nitrogens with one attached hydrogen (secondary N) is 1. The molecule has 9 nitrogen and oxygen atoms in total. The Morgan fingerprint density at radius 2 is 1.54 bits per heavy atom. The minimum atomic E-state index is 0.0455. The van der Waals surface area contributed by atoms with Crippen LogP contribution in [0.5, 0.6) is 11.5 Å². The predicted molar refractivity (Wildman–Crippen MR) is 182 cm³/mol. The summed E-state index contributed by atoms with van der Waals surface area (Å²) in [5.41, 5.74) is 6.07. The van der Waals surface area contributed by atoms with Crippen LogP contribution < -0.4 is 14.8 Å². The predicted octanol–water partition coefficient (Wildman–Crippen LogP) is 6.55. The van der Waals surface area contributed by atoms with Gasteiger partial charge in [0.15, 0.2) is 5.78 Å². The van der Waals surface area contributed by atoms with E-state index in [-0.39, 0.29) is 5.78 Å². The molecule has 0 spiro atoms. The molecule has 1 saturated heterocycles. The molecule has 0 bridgehead atoms. The Morgan fingerprint density at radius 3 is 2.17 bits per heavy atom. The van der Waals surface area contributed by atoms with Gasteiger partial charge in [-0.05, 0) is 78.2 Å². The van der Waals surface area contributed by atoms with Gasteiger partial charge in [-0.15, -0.1) is 5.10 Å². The molecule has 2 aromatic heterocycles. The molecule has 5 aromatic rings. The van der Waals surface area contributed by atoms with Gasteiger partial charge in [-0.1, -0.05) is 41.1 Å². The minimum Gasteiger partial charge on any atom is -0.497 e. The molecule has 0 aliphatic carbocycles. The van der Waals surface area contributed by atoms with Crippen LogP contribution in [0.3, 0.4) is 0 Å². The van der Waals surface area contributed by atoms with Gasteiger partial charge in [0, 0.05) is 72.4 Å². The van der Waals surface area contributed by atoms with Gasteiger partial charge in [-0.25, -0.2) is 0 Å². The van der Waals surface area contributed by atoms with Crippen molar-refractivity contribution in [1.29, 1.82) is 0 Å². The van der Waals surface area contributed by atoms with Crippen LogP contribution in [0.4, 0.5) is 5.69 Å². The number of ether oxygens (including phenoxy) is 2. The second-order valence-electron chi connectivity index (χ2n) is 11.1. The lowest BCUT2D eigenvalue weighted by atomic mass is 9.94. The molecule has 46 heavy (non-hydrogen) atoms. The molecule has 0 atom stereocenters. The Kier molecular flexibility index (Phi) is 9.71. The number of piperidine rings is 1. The standard InChI is InChI=1S/C36H35ClN6O3/c1-45-31-9-4-25(5-10-31)18-27-21-42(22-28(36(27)44)19-26-6-11-32(46-2)12-7-26)23-30-24-43(41-40-30)17-3-15-38-34-14-16-39-35-20-29(37)8-13-33(34)35/h4-14,16,18-20,24H,3,15,17,21-23H2,1-2H3,(H,38,39)/b27-18+,28-19+. The number of anilines is 1. The number of benzene rings is 3. The van der Waals surface area contributed by atoms with E-state index in [4.69, 9.17) is 21.1 Å². The molecule has 0 unspecified atom stereocenters. The summed E-state index contributed by atoms with van der Waals surface area (Å²) < 4.78 is 12.5. The number of pyridine rings is 1. The highest BCUT2D eigenvalue weighted by molar-refractivity contribution is 6.31. The molecule has 6 rings (SSSR count). The van der Waals surface area contributed by atoms with Crippen LogP contribution in [0.15, 0.2) is 96.3 Å². The van der Waals surface area contributed by atoms with E-state index in [0.717, 1.165) is 75.6 Å². The number of carbonyl (C=O) groups excluding carboxylic acids is 1. The van der Waals surface area contributed by atoms with Gasteiger partial charge >= 0.3 is 0 Å². The van der Waals surface area contributed by atoms with Crippen molar-refractivity contribution in [2.75, 3.05) is 39.2 Å². The molecule has 0 radical (unpaired) electrons. The summed E-state index contributed by atoms with van der Waals surface area (Å²) in [6.07, 6.45) is 8.55. The third-order valence-electron chi connectivity index (χ3n) is 7.84. The number of carbonyl (C=O) groups is 1. The largest absolute Gasteiger partial charge is 0.497 e. The SMILES string of the molecule is COc1ccc(/C=C2\CN(Cc3cn(CCCNc4ccnc5cc(Cl)ccc45)nn3)C/C(=C\c3ccc(OC)cc3)C2=O)cc1. The minimum absolute atomic E-state index is 0.0455. The highest BCUT2D eigenvalue weighted by Gasteiger charge is 2.27. The molecule has 1 aliphatic heterocycles. The van der Waals surface area contributed by atoms with E-state index in [9.17, 15) is 4.79 Å². The smallest absolute Gasteiger partial charge is 0.187 e. The van der Waals surface area contributed by atoms with Crippen LogP contribution in [0.2, 0.25) is 5.02 Å². The maximum atomic E-state index is 13.7. The summed E-state index contributed by atoms with van der Waals surface area (Å²) in [5.74, 6) is 1.59. The van der Waals surface area contributed by atoms with Gasteiger partial charge in [-0.2, -0.15) is 0 Å². The Hall–Kier alpha value is -4.99. The van der Waals surface area contributed by atoms with Crippen molar-refractivity contribution in [3.8, 4) is 11.5 Å². The van der Waals surface area contributed by atoms with Gasteiger partial charge < -0.3 is 14.8 Å². The molecule has 234 valence electrons. The highest BCUT2D eigenvalue weighted by Crippen LogP contribution is 2.26. The van der Waals surface area contributed by atoms with E-state index >= 15 is 0 Å². The third-order valence-corrected chi connectivity index (χ3v) is 8.08. The number of fused-ring (bicyclic) bond motifs is 1. The number of halogens is 1. The van der Waals surface area contributed by atoms with Crippen molar-refractivity contribution in [3.63, 3.8) is 0 Å². The monoisotopic (exact) mass is 634 g/mol. The summed E-state index contributed by atoms with van der Waals surface area (Å²) in [4.78, 5) is 20.3. The van der Waals surface area contributed by atoms with Crippen LogP contribution in [0.25, 0.3) is 23.1 Å². The Bertz CT molecular complexity index is 1810. The second-order valence-corrected chi connectivity index (χ2v) is 11.6. The first-order valence-corrected chi connectivity index (χ1v) is 15.5. The molecular formula is C36H35ClN6O3. The Morgan fingerprint density at radius 1 is 0.891 bits per heavy atom. The maximum absolute atomic E-state index is 13.7. The summed E-state index contributed by atoms with van der Waals surface area (Å²) in [6.45, 7) is 3.07. The van der Waals surface area contributed by atoms with Crippen molar-refractivity contribution in [2.24, 2.45) is 0 Å². The van der Waals surface area contributed by atoms with Gasteiger partial charge in [0.25, 0.3) is 0 Å². The molecule has 3 aromatic carbocycles. The van der Waals surface area contributed by atoms with E-state index in [2.05, 4.69) is 25.5 Å². The van der Waals surface area contributed by atoms with E-state index < -0.39 is 0 Å². The van der Waals surface area contributed by atoms with E-state index in [1.165, 1.54) is 0 Å². The topological polar surface area (TPSA) is 94.4 Å². The number of Topliss-reactive ketones (excluding diaryl/α,β-unsaturated/α-hetero) is 1. The second kappa shape index (κ2) is 14.4. The fourth-order valence-corrected chi connectivity index (χ4v) is 5.68. The zero-order valence-corrected chi connectivity index (χ0v) is 26.6. The molecule has 1 fully saturated rings. The van der Waals surface area contributed by atoms with Gasteiger partial charge in [0.2, 0.25) is 0 Å². The first-order chi connectivity index (χ1) is 22.5. The normalized spacial score (nSPS) is 15.5. The van der Waals surface area contributed by atoms with Gasteiger partial charge in [0.05, 0.1) is 25.4 Å². The van der Waals surface area contributed by atoms with Crippen molar-refractivity contribution < 1.29 is 14.3 Å². The summed E-state index contributed by atoms with van der Waals surface area (Å²) >= 11 is 6.13. The molecule has 0 saturated carbocycles. The van der Waals surface area contributed by atoms with Crippen molar-refractivity contribution in [2.45, 2.75) is 19.5 Å².